The maximum absolute atomic E-state index is 6.37. The molecule has 0 N–H and O–H groups in total. The predicted octanol–water partition coefficient (Wildman–Crippen LogP) is 16.7. The van der Waals surface area contributed by atoms with Crippen molar-refractivity contribution in [2.75, 3.05) is 0 Å². The molecule has 6 heteroatoms. The lowest BCUT2D eigenvalue weighted by Gasteiger charge is -2.30. The standard InChI is InChI=1S/C68H43N5O/c1-40-19-6-7-23-44(40)60-41(2)20-16-28-50(60)63-48-26-10-14-34-57(48)69-66(70-63)51-29-17-33-55-61(51)47-25-9-13-32-54(47)68(55)53-31-12-8-24-45(53)46-38-37-43(39-56(46)68)65-71-64(42-21-4-3-5-22-42)72-67(73-65)52-30-18-36-59-62(52)49-27-11-15-35-58(49)74-59/h3-39H,1-2H3. The number of aryl methyl sites for hydroxylation is 2. The molecule has 1 spiro atoms. The second-order valence-corrected chi connectivity index (χ2v) is 19.5. The molecule has 2 aliphatic rings. The topological polar surface area (TPSA) is 77.6 Å². The van der Waals surface area contributed by atoms with E-state index in [1.54, 1.807) is 0 Å². The Hall–Kier alpha value is -9.65. The average molecular weight is 946 g/mol. The Kier molecular flexibility index (Phi) is 9.20. The number of fused-ring (bicyclic) bond motifs is 14. The zero-order valence-electron chi connectivity index (χ0n) is 40.5. The van der Waals surface area contributed by atoms with E-state index in [-0.39, 0.29) is 0 Å². The molecule has 0 aliphatic heterocycles. The van der Waals surface area contributed by atoms with Crippen LogP contribution in [0.1, 0.15) is 33.4 Å². The number of benzene rings is 10. The smallest absolute Gasteiger partial charge is 0.164 e. The van der Waals surface area contributed by atoms with Gasteiger partial charge < -0.3 is 4.42 Å². The van der Waals surface area contributed by atoms with Crippen molar-refractivity contribution in [2.45, 2.75) is 19.3 Å². The van der Waals surface area contributed by atoms with E-state index >= 15 is 0 Å². The molecule has 1 unspecified atom stereocenters. The maximum atomic E-state index is 6.37. The van der Waals surface area contributed by atoms with Crippen LogP contribution in [0.25, 0.3) is 123 Å². The first-order valence-corrected chi connectivity index (χ1v) is 25.2. The predicted molar refractivity (Wildman–Crippen MR) is 299 cm³/mol. The number of nitrogens with zero attached hydrogens (tertiary/aromatic N) is 5. The van der Waals surface area contributed by atoms with E-state index in [0.29, 0.717) is 23.3 Å². The monoisotopic (exact) mass is 945 g/mol. The Labute approximate surface area is 427 Å². The van der Waals surface area contributed by atoms with Crippen LogP contribution in [0.2, 0.25) is 0 Å². The Morgan fingerprint density at radius 2 is 0.892 bits per heavy atom. The van der Waals surface area contributed by atoms with Crippen LogP contribution < -0.4 is 0 Å². The second-order valence-electron chi connectivity index (χ2n) is 19.5. The zero-order chi connectivity index (χ0) is 49.1. The van der Waals surface area contributed by atoms with Crippen molar-refractivity contribution in [3.05, 3.63) is 258 Å². The third-order valence-electron chi connectivity index (χ3n) is 15.5. The third kappa shape index (κ3) is 6.09. The van der Waals surface area contributed by atoms with Gasteiger partial charge in [-0.3, -0.25) is 0 Å². The van der Waals surface area contributed by atoms with Crippen molar-refractivity contribution in [3.63, 3.8) is 0 Å². The van der Waals surface area contributed by atoms with E-state index in [9.17, 15) is 0 Å². The highest BCUT2D eigenvalue weighted by Gasteiger charge is 2.52. The quantitative estimate of drug-likeness (QED) is 0.165. The molecule has 0 saturated carbocycles. The van der Waals surface area contributed by atoms with Crippen LogP contribution >= 0.6 is 0 Å². The minimum absolute atomic E-state index is 0.581. The van der Waals surface area contributed by atoms with E-state index in [4.69, 9.17) is 29.3 Å². The van der Waals surface area contributed by atoms with Crippen molar-refractivity contribution in [3.8, 4) is 90.2 Å². The SMILES string of the molecule is Cc1ccccc1-c1c(C)cccc1-c1nc(-c2cccc3c2-c2ccccc2C32c3ccccc3-c3ccc(-c4nc(-c5ccccc5)nc(-c5cccc6oc7ccccc7c56)n4)cc32)nc2ccccc12. The molecule has 15 rings (SSSR count). The van der Waals surface area contributed by atoms with Gasteiger partial charge in [0.15, 0.2) is 23.3 Å². The van der Waals surface area contributed by atoms with Gasteiger partial charge in [-0.2, -0.15) is 0 Å². The summed E-state index contributed by atoms with van der Waals surface area (Å²) in [5.74, 6) is 2.45. The zero-order valence-corrected chi connectivity index (χ0v) is 40.5. The van der Waals surface area contributed by atoms with Crippen molar-refractivity contribution < 1.29 is 4.42 Å². The molecule has 74 heavy (non-hydrogen) atoms. The highest BCUT2D eigenvalue weighted by molar-refractivity contribution is 6.12. The molecular formula is C68H43N5O. The third-order valence-corrected chi connectivity index (χ3v) is 15.5. The number of aromatic nitrogens is 5. The molecular weight excluding hydrogens is 903 g/mol. The number of hydrogen-bond donors (Lipinski definition) is 0. The van der Waals surface area contributed by atoms with Gasteiger partial charge in [-0.25, -0.2) is 24.9 Å². The highest BCUT2D eigenvalue weighted by atomic mass is 16.3. The fraction of sp³-hybridized carbons (Fsp3) is 0.0441. The van der Waals surface area contributed by atoms with Gasteiger partial charge in [0.2, 0.25) is 0 Å². The number of para-hydroxylation sites is 2. The first-order valence-electron chi connectivity index (χ1n) is 25.2. The van der Waals surface area contributed by atoms with Crippen molar-refractivity contribution >= 4 is 32.8 Å². The molecule has 0 saturated heterocycles. The number of rotatable bonds is 6. The van der Waals surface area contributed by atoms with Crippen molar-refractivity contribution in [2.24, 2.45) is 0 Å². The van der Waals surface area contributed by atoms with Gasteiger partial charge in [0.25, 0.3) is 0 Å². The Bertz CT molecular complexity index is 4480. The van der Waals surface area contributed by atoms with Gasteiger partial charge in [-0.05, 0) is 105 Å². The van der Waals surface area contributed by atoms with Crippen molar-refractivity contribution in [1.29, 1.82) is 0 Å². The van der Waals surface area contributed by atoms with Crippen LogP contribution in [-0.4, -0.2) is 24.9 Å². The molecule has 2 aliphatic carbocycles. The maximum Gasteiger partial charge on any atom is 0.164 e. The van der Waals surface area contributed by atoms with Crippen LogP contribution in [0, 0.1) is 13.8 Å². The van der Waals surface area contributed by atoms with E-state index < -0.39 is 5.41 Å². The molecule has 0 amide bonds. The normalized spacial score (nSPS) is 14.1. The molecule has 0 radical (unpaired) electrons. The summed E-state index contributed by atoms with van der Waals surface area (Å²) in [7, 11) is 0. The van der Waals surface area contributed by atoms with Gasteiger partial charge in [0.05, 0.1) is 16.6 Å². The number of hydrogen-bond acceptors (Lipinski definition) is 6. The Morgan fingerprint density at radius 1 is 0.324 bits per heavy atom. The summed E-state index contributed by atoms with van der Waals surface area (Å²) in [4.78, 5) is 27.0. The summed E-state index contributed by atoms with van der Waals surface area (Å²) < 4.78 is 6.37. The summed E-state index contributed by atoms with van der Waals surface area (Å²) in [5, 5.41) is 3.01. The Balaban J connectivity index is 0.963. The lowest BCUT2D eigenvalue weighted by Crippen LogP contribution is -2.26. The fourth-order valence-electron chi connectivity index (χ4n) is 12.3. The van der Waals surface area contributed by atoms with Gasteiger partial charge in [0.1, 0.15) is 11.2 Å². The first kappa shape index (κ1) is 42.1. The largest absolute Gasteiger partial charge is 0.456 e. The lowest BCUT2D eigenvalue weighted by molar-refractivity contribution is 0.669. The van der Waals surface area contributed by atoms with Crippen LogP contribution in [0.4, 0.5) is 0 Å². The molecule has 3 aromatic heterocycles. The van der Waals surface area contributed by atoms with E-state index in [2.05, 4.69) is 190 Å². The molecule has 0 bridgehead atoms. The summed E-state index contributed by atoms with van der Waals surface area (Å²) in [6.07, 6.45) is 0. The summed E-state index contributed by atoms with van der Waals surface area (Å²) in [6.45, 7) is 4.38. The van der Waals surface area contributed by atoms with Crippen LogP contribution in [-0.2, 0) is 5.41 Å². The van der Waals surface area contributed by atoms with E-state index in [0.717, 1.165) is 77.5 Å². The van der Waals surface area contributed by atoms with E-state index in [1.165, 1.54) is 55.6 Å². The molecule has 6 nitrogen and oxygen atoms in total. The van der Waals surface area contributed by atoms with Gasteiger partial charge >= 0.3 is 0 Å². The highest BCUT2D eigenvalue weighted by Crippen LogP contribution is 2.64. The van der Waals surface area contributed by atoms with Crippen molar-refractivity contribution in [1.82, 2.24) is 24.9 Å². The van der Waals surface area contributed by atoms with Crippen LogP contribution in [0.3, 0.4) is 0 Å². The minimum Gasteiger partial charge on any atom is -0.456 e. The van der Waals surface area contributed by atoms with Gasteiger partial charge in [-0.15, -0.1) is 0 Å². The van der Waals surface area contributed by atoms with E-state index in [1.807, 2.05) is 48.5 Å². The summed E-state index contributed by atoms with van der Waals surface area (Å²) in [6, 6.07) is 79.4. The summed E-state index contributed by atoms with van der Waals surface area (Å²) >= 11 is 0. The molecule has 346 valence electrons. The van der Waals surface area contributed by atoms with Gasteiger partial charge in [-0.1, -0.05) is 200 Å². The molecule has 10 aromatic carbocycles. The summed E-state index contributed by atoms with van der Waals surface area (Å²) in [5.41, 5.74) is 21.8. The van der Waals surface area contributed by atoms with Crippen LogP contribution in [0.15, 0.2) is 229 Å². The molecule has 0 fully saturated rings. The lowest BCUT2D eigenvalue weighted by atomic mass is 9.70. The Morgan fingerprint density at radius 3 is 1.74 bits per heavy atom. The number of furan rings is 1. The molecule has 3 heterocycles. The average Bonchev–Trinajstić information content (AvgIpc) is 4.26. The second kappa shape index (κ2) is 16.2. The van der Waals surface area contributed by atoms with Gasteiger partial charge in [0, 0.05) is 44.0 Å². The first-order chi connectivity index (χ1) is 36.5. The molecule has 13 aromatic rings. The fourth-order valence-corrected chi connectivity index (χ4v) is 12.3. The molecule has 1 atom stereocenters. The van der Waals surface area contributed by atoms with Crippen LogP contribution in [0.5, 0.6) is 0 Å². The minimum atomic E-state index is -0.683.